The molecule has 0 spiro atoms. The van der Waals surface area contributed by atoms with Crippen LogP contribution in [-0.4, -0.2) is 10.6 Å². The second-order valence-corrected chi connectivity index (χ2v) is 4.03. The lowest BCUT2D eigenvalue weighted by atomic mass is 9.91. The topological polar surface area (TPSA) is 48.0 Å². The molecule has 3 nitrogen and oxygen atoms in total. The van der Waals surface area contributed by atoms with E-state index in [-0.39, 0.29) is 11.6 Å². The lowest BCUT2D eigenvalue weighted by molar-refractivity contribution is 0.314. The van der Waals surface area contributed by atoms with Gasteiger partial charge in [-0.25, -0.2) is 0 Å². The van der Waals surface area contributed by atoms with Crippen LogP contribution >= 0.6 is 0 Å². The summed E-state index contributed by atoms with van der Waals surface area (Å²) in [6.45, 7) is 0. The number of hydrogen-bond acceptors (Lipinski definition) is 2. The van der Waals surface area contributed by atoms with E-state index in [0.717, 1.165) is 25.7 Å². The number of hydrogen-bond donors (Lipinski definition) is 1. The van der Waals surface area contributed by atoms with Crippen LogP contribution < -0.4 is 11.3 Å². The molecule has 0 saturated heterocycles. The Labute approximate surface area is 83.5 Å². The number of rotatable bonds is 1. The SMILES string of the molecule is N[C@@H]1CCCC(n2ccccc2=O)C1. The first-order valence-electron chi connectivity index (χ1n) is 5.20. The summed E-state index contributed by atoms with van der Waals surface area (Å²) >= 11 is 0. The Kier molecular flexibility index (Phi) is 2.68. The van der Waals surface area contributed by atoms with Crippen LogP contribution in [0.3, 0.4) is 0 Å². The zero-order valence-electron chi connectivity index (χ0n) is 8.23. The molecule has 3 heteroatoms. The highest BCUT2D eigenvalue weighted by molar-refractivity contribution is 4.96. The van der Waals surface area contributed by atoms with Crippen molar-refractivity contribution in [3.8, 4) is 0 Å². The van der Waals surface area contributed by atoms with Crippen molar-refractivity contribution in [2.24, 2.45) is 5.73 Å². The molecule has 2 atom stereocenters. The molecule has 1 aromatic rings. The van der Waals surface area contributed by atoms with Crippen LogP contribution in [0.15, 0.2) is 29.2 Å². The fraction of sp³-hybridized carbons (Fsp3) is 0.545. The third-order valence-electron chi connectivity index (χ3n) is 2.93. The number of aromatic nitrogens is 1. The lowest BCUT2D eigenvalue weighted by Gasteiger charge is -2.27. The molecule has 0 amide bonds. The highest BCUT2D eigenvalue weighted by Crippen LogP contribution is 2.25. The van der Waals surface area contributed by atoms with Gasteiger partial charge >= 0.3 is 0 Å². The third kappa shape index (κ3) is 1.87. The highest BCUT2D eigenvalue weighted by Gasteiger charge is 2.20. The minimum absolute atomic E-state index is 0.0894. The Morgan fingerprint density at radius 1 is 1.36 bits per heavy atom. The molecule has 0 aliphatic heterocycles. The summed E-state index contributed by atoms with van der Waals surface area (Å²) in [5, 5.41) is 0. The molecule has 2 rings (SSSR count). The highest BCUT2D eigenvalue weighted by atomic mass is 16.1. The average Bonchev–Trinajstić information content (AvgIpc) is 2.18. The van der Waals surface area contributed by atoms with E-state index >= 15 is 0 Å². The molecular weight excluding hydrogens is 176 g/mol. The van der Waals surface area contributed by atoms with Gasteiger partial charge in [0, 0.05) is 24.3 Å². The van der Waals surface area contributed by atoms with Gasteiger partial charge in [-0.2, -0.15) is 0 Å². The molecule has 1 unspecified atom stereocenters. The molecule has 1 heterocycles. The Bertz CT molecular complexity index is 358. The van der Waals surface area contributed by atoms with Crippen molar-refractivity contribution in [1.82, 2.24) is 4.57 Å². The van der Waals surface area contributed by atoms with Crippen LogP contribution in [0, 0.1) is 0 Å². The fourth-order valence-corrected chi connectivity index (χ4v) is 2.19. The Morgan fingerprint density at radius 3 is 2.93 bits per heavy atom. The molecule has 0 aromatic carbocycles. The second kappa shape index (κ2) is 3.96. The zero-order valence-corrected chi connectivity index (χ0v) is 8.23. The molecule has 0 bridgehead atoms. The zero-order chi connectivity index (χ0) is 9.97. The van der Waals surface area contributed by atoms with Crippen molar-refractivity contribution in [2.45, 2.75) is 37.8 Å². The maximum Gasteiger partial charge on any atom is 0.250 e. The summed E-state index contributed by atoms with van der Waals surface area (Å²) in [5.74, 6) is 0. The van der Waals surface area contributed by atoms with Gasteiger partial charge in [0.15, 0.2) is 0 Å². The van der Waals surface area contributed by atoms with Crippen molar-refractivity contribution in [3.63, 3.8) is 0 Å². The van der Waals surface area contributed by atoms with Gasteiger partial charge in [0.25, 0.3) is 5.56 Å². The molecule has 76 valence electrons. The van der Waals surface area contributed by atoms with Crippen LogP contribution in [0.1, 0.15) is 31.7 Å². The molecule has 1 aliphatic carbocycles. The van der Waals surface area contributed by atoms with E-state index in [2.05, 4.69) is 0 Å². The molecule has 0 radical (unpaired) electrons. The van der Waals surface area contributed by atoms with E-state index in [0.29, 0.717) is 6.04 Å². The van der Waals surface area contributed by atoms with E-state index in [1.165, 1.54) is 0 Å². The first-order valence-corrected chi connectivity index (χ1v) is 5.20. The van der Waals surface area contributed by atoms with Crippen molar-refractivity contribution in [1.29, 1.82) is 0 Å². The number of pyridine rings is 1. The minimum Gasteiger partial charge on any atom is -0.328 e. The van der Waals surface area contributed by atoms with Gasteiger partial charge in [-0.3, -0.25) is 4.79 Å². The predicted octanol–water partition coefficient (Wildman–Crippen LogP) is 1.29. The van der Waals surface area contributed by atoms with Crippen LogP contribution in [0.2, 0.25) is 0 Å². The van der Waals surface area contributed by atoms with Crippen molar-refractivity contribution < 1.29 is 0 Å². The first kappa shape index (κ1) is 9.46. The van der Waals surface area contributed by atoms with Gasteiger partial charge in [0.2, 0.25) is 0 Å². The molecule has 1 saturated carbocycles. The molecular formula is C11H16N2O. The Hall–Kier alpha value is -1.09. The maximum absolute atomic E-state index is 11.5. The Balaban J connectivity index is 2.22. The standard InChI is InChI=1S/C11H16N2O/c12-9-4-3-5-10(8-9)13-7-2-1-6-11(13)14/h1-2,6-7,9-10H,3-5,8,12H2/t9-,10?/m1/s1. The second-order valence-electron chi connectivity index (χ2n) is 4.03. The van der Waals surface area contributed by atoms with E-state index in [1.54, 1.807) is 12.1 Å². The normalized spacial score (nSPS) is 27.5. The Morgan fingerprint density at radius 2 is 2.21 bits per heavy atom. The van der Waals surface area contributed by atoms with Crippen molar-refractivity contribution >= 4 is 0 Å². The largest absolute Gasteiger partial charge is 0.328 e. The van der Waals surface area contributed by atoms with E-state index in [4.69, 9.17) is 5.73 Å². The molecule has 1 aromatic heterocycles. The lowest BCUT2D eigenvalue weighted by Crippen LogP contribution is -2.33. The third-order valence-corrected chi connectivity index (χ3v) is 2.93. The van der Waals surface area contributed by atoms with E-state index in [9.17, 15) is 4.79 Å². The van der Waals surface area contributed by atoms with E-state index < -0.39 is 0 Å². The van der Waals surface area contributed by atoms with Crippen LogP contribution in [0.5, 0.6) is 0 Å². The quantitative estimate of drug-likeness (QED) is 0.729. The van der Waals surface area contributed by atoms with E-state index in [1.807, 2.05) is 16.8 Å². The molecule has 14 heavy (non-hydrogen) atoms. The van der Waals surface area contributed by atoms with Gasteiger partial charge in [-0.1, -0.05) is 6.07 Å². The summed E-state index contributed by atoms with van der Waals surface area (Å²) < 4.78 is 1.82. The monoisotopic (exact) mass is 192 g/mol. The summed E-state index contributed by atoms with van der Waals surface area (Å²) in [6, 6.07) is 5.87. The van der Waals surface area contributed by atoms with Gasteiger partial charge in [0.05, 0.1) is 0 Å². The summed E-state index contributed by atoms with van der Waals surface area (Å²) in [7, 11) is 0. The van der Waals surface area contributed by atoms with Crippen LogP contribution in [-0.2, 0) is 0 Å². The van der Waals surface area contributed by atoms with Crippen LogP contribution in [0.25, 0.3) is 0 Å². The fourth-order valence-electron chi connectivity index (χ4n) is 2.19. The molecule has 2 N–H and O–H groups in total. The van der Waals surface area contributed by atoms with Gasteiger partial charge in [-0.05, 0) is 31.7 Å². The maximum atomic E-state index is 11.5. The number of nitrogens with two attached hydrogens (primary N) is 1. The first-order chi connectivity index (χ1) is 6.77. The predicted molar refractivity (Wildman–Crippen MR) is 56.2 cm³/mol. The summed E-state index contributed by atoms with van der Waals surface area (Å²) in [4.78, 5) is 11.5. The van der Waals surface area contributed by atoms with Crippen molar-refractivity contribution in [2.75, 3.05) is 0 Å². The van der Waals surface area contributed by atoms with Crippen LogP contribution in [0.4, 0.5) is 0 Å². The summed E-state index contributed by atoms with van der Waals surface area (Å²) in [6.07, 6.45) is 6.11. The molecule has 1 fully saturated rings. The average molecular weight is 192 g/mol. The summed E-state index contributed by atoms with van der Waals surface area (Å²) in [5.41, 5.74) is 5.99. The van der Waals surface area contributed by atoms with Crippen molar-refractivity contribution in [3.05, 3.63) is 34.7 Å². The smallest absolute Gasteiger partial charge is 0.250 e. The van der Waals surface area contributed by atoms with Gasteiger partial charge in [0.1, 0.15) is 0 Å². The molecule has 1 aliphatic rings. The minimum atomic E-state index is 0.0894. The van der Waals surface area contributed by atoms with Gasteiger partial charge < -0.3 is 10.3 Å². The van der Waals surface area contributed by atoms with Gasteiger partial charge in [-0.15, -0.1) is 0 Å². The number of nitrogens with zero attached hydrogens (tertiary/aromatic N) is 1.